The smallest absolute Gasteiger partial charge is 0.403 e. The highest BCUT2D eigenvalue weighted by Crippen LogP contribution is 2.37. The predicted octanol–water partition coefficient (Wildman–Crippen LogP) is 6.46. The standard InChI is InChI=1S/C22H18F4O/c1-13-2-3-15-9-16(5-4-14(15)8-13)17-6-7-18-12-21(27-22(24,25)26)20(23)11-19(18)10-17/h2-5,8-9,11-12,17H,6-7,10H2,1H3. The third kappa shape index (κ3) is 3.77. The molecule has 1 nitrogen and oxygen atoms in total. The predicted molar refractivity (Wildman–Crippen MR) is 96.5 cm³/mol. The summed E-state index contributed by atoms with van der Waals surface area (Å²) in [5.41, 5.74) is 3.85. The number of halogens is 4. The first-order valence-corrected chi connectivity index (χ1v) is 8.86. The average molecular weight is 374 g/mol. The van der Waals surface area contributed by atoms with E-state index in [-0.39, 0.29) is 5.92 Å². The summed E-state index contributed by atoms with van der Waals surface area (Å²) in [5, 5.41) is 2.33. The van der Waals surface area contributed by atoms with E-state index in [1.807, 2.05) is 0 Å². The Hall–Kier alpha value is -2.56. The lowest BCUT2D eigenvalue weighted by Gasteiger charge is -2.26. The Labute approximate surface area is 154 Å². The van der Waals surface area contributed by atoms with Gasteiger partial charge in [0.1, 0.15) is 0 Å². The molecular weight excluding hydrogens is 356 g/mol. The van der Waals surface area contributed by atoms with E-state index in [9.17, 15) is 17.6 Å². The molecule has 3 aromatic carbocycles. The third-order valence-electron chi connectivity index (χ3n) is 5.20. The topological polar surface area (TPSA) is 9.23 Å². The molecule has 0 bridgehead atoms. The van der Waals surface area contributed by atoms with E-state index < -0.39 is 17.9 Å². The number of benzene rings is 3. The fraction of sp³-hybridized carbons (Fsp3) is 0.273. The van der Waals surface area contributed by atoms with Crippen molar-refractivity contribution in [1.29, 1.82) is 0 Å². The number of ether oxygens (including phenoxy) is 1. The fourth-order valence-corrected chi connectivity index (χ4v) is 3.88. The maximum Gasteiger partial charge on any atom is 0.573 e. The second-order valence-electron chi connectivity index (χ2n) is 7.15. The second-order valence-corrected chi connectivity index (χ2v) is 7.15. The first-order chi connectivity index (χ1) is 12.8. The highest BCUT2D eigenvalue weighted by molar-refractivity contribution is 5.84. The van der Waals surface area contributed by atoms with Crippen LogP contribution in [0.2, 0.25) is 0 Å². The summed E-state index contributed by atoms with van der Waals surface area (Å²) in [7, 11) is 0. The molecule has 0 heterocycles. The van der Waals surface area contributed by atoms with Gasteiger partial charge < -0.3 is 4.74 Å². The number of hydrogen-bond acceptors (Lipinski definition) is 1. The van der Waals surface area contributed by atoms with Gasteiger partial charge in [0.15, 0.2) is 11.6 Å². The zero-order valence-corrected chi connectivity index (χ0v) is 14.7. The molecule has 0 radical (unpaired) electrons. The van der Waals surface area contributed by atoms with Gasteiger partial charge in [-0.3, -0.25) is 0 Å². The van der Waals surface area contributed by atoms with Crippen molar-refractivity contribution in [2.45, 2.75) is 38.5 Å². The zero-order chi connectivity index (χ0) is 19.2. The largest absolute Gasteiger partial charge is 0.573 e. The summed E-state index contributed by atoms with van der Waals surface area (Å²) in [5.74, 6) is -1.50. The van der Waals surface area contributed by atoms with Crippen LogP contribution in [0, 0.1) is 12.7 Å². The highest BCUT2D eigenvalue weighted by Gasteiger charge is 2.33. The molecule has 0 N–H and O–H groups in total. The van der Waals surface area contributed by atoms with E-state index in [0.717, 1.165) is 22.9 Å². The normalized spacial score (nSPS) is 17.0. The molecule has 1 unspecified atom stereocenters. The molecule has 1 atom stereocenters. The SMILES string of the molecule is Cc1ccc2cc(C3CCc4cc(OC(F)(F)F)c(F)cc4C3)ccc2c1. The van der Waals surface area contributed by atoms with E-state index in [0.29, 0.717) is 12.8 Å². The van der Waals surface area contributed by atoms with Crippen LogP contribution in [0.1, 0.15) is 34.6 Å². The minimum absolute atomic E-state index is 0.219. The lowest BCUT2D eigenvalue weighted by atomic mass is 9.79. The summed E-state index contributed by atoms with van der Waals surface area (Å²) >= 11 is 0. The molecule has 27 heavy (non-hydrogen) atoms. The number of aryl methyl sites for hydroxylation is 2. The average Bonchev–Trinajstić information content (AvgIpc) is 2.60. The first-order valence-electron chi connectivity index (χ1n) is 8.86. The van der Waals surface area contributed by atoms with Crippen LogP contribution in [0.3, 0.4) is 0 Å². The van der Waals surface area contributed by atoms with Crippen molar-refractivity contribution >= 4 is 10.8 Å². The molecule has 1 aliphatic carbocycles. The Morgan fingerprint density at radius 3 is 2.44 bits per heavy atom. The number of alkyl halides is 3. The summed E-state index contributed by atoms with van der Waals surface area (Å²) < 4.78 is 55.1. The number of rotatable bonds is 2. The van der Waals surface area contributed by atoms with Gasteiger partial charge >= 0.3 is 6.36 Å². The fourth-order valence-electron chi connectivity index (χ4n) is 3.88. The van der Waals surface area contributed by atoms with Crippen LogP contribution in [0.25, 0.3) is 10.8 Å². The molecule has 0 aliphatic heterocycles. The van der Waals surface area contributed by atoms with Crippen LogP contribution >= 0.6 is 0 Å². The molecule has 0 saturated heterocycles. The van der Waals surface area contributed by atoms with Gasteiger partial charge in [-0.25, -0.2) is 4.39 Å². The molecular formula is C22H18F4O. The number of fused-ring (bicyclic) bond motifs is 2. The minimum atomic E-state index is -4.89. The number of hydrogen-bond donors (Lipinski definition) is 0. The first kappa shape index (κ1) is 17.8. The van der Waals surface area contributed by atoms with Crippen LogP contribution in [-0.4, -0.2) is 6.36 Å². The van der Waals surface area contributed by atoms with Crippen LogP contribution in [0.15, 0.2) is 48.5 Å². The molecule has 0 saturated carbocycles. The molecule has 3 aromatic rings. The lowest BCUT2D eigenvalue weighted by Crippen LogP contribution is -2.19. The van der Waals surface area contributed by atoms with E-state index >= 15 is 0 Å². The van der Waals surface area contributed by atoms with E-state index in [4.69, 9.17) is 0 Å². The molecule has 0 fully saturated rings. The van der Waals surface area contributed by atoms with Crippen molar-refractivity contribution in [3.8, 4) is 5.75 Å². The second kappa shape index (κ2) is 6.55. The molecule has 0 spiro atoms. The molecule has 1 aliphatic rings. The van der Waals surface area contributed by atoms with Gasteiger partial charge in [-0.1, -0.05) is 42.0 Å². The molecule has 0 amide bonds. The van der Waals surface area contributed by atoms with Crippen molar-refractivity contribution in [2.75, 3.05) is 0 Å². The quantitative estimate of drug-likeness (QED) is 0.468. The maximum atomic E-state index is 14.1. The molecule has 140 valence electrons. The van der Waals surface area contributed by atoms with E-state index in [1.165, 1.54) is 28.6 Å². The monoisotopic (exact) mass is 374 g/mol. The Morgan fingerprint density at radius 2 is 1.67 bits per heavy atom. The lowest BCUT2D eigenvalue weighted by molar-refractivity contribution is -0.275. The Balaban J connectivity index is 1.61. The molecule has 0 aromatic heterocycles. The molecule has 5 heteroatoms. The summed E-state index contributed by atoms with van der Waals surface area (Å²) in [6.45, 7) is 2.05. The van der Waals surface area contributed by atoms with Gasteiger partial charge in [-0.05, 0) is 71.7 Å². The molecule has 4 rings (SSSR count). The van der Waals surface area contributed by atoms with E-state index in [1.54, 1.807) is 0 Å². The van der Waals surface area contributed by atoms with Gasteiger partial charge in [0, 0.05) is 0 Å². The van der Waals surface area contributed by atoms with Crippen LogP contribution in [0.4, 0.5) is 17.6 Å². The van der Waals surface area contributed by atoms with Gasteiger partial charge in [-0.2, -0.15) is 0 Å². The van der Waals surface area contributed by atoms with Crippen LogP contribution in [0.5, 0.6) is 5.75 Å². The maximum absolute atomic E-state index is 14.1. The Morgan fingerprint density at radius 1 is 0.926 bits per heavy atom. The summed E-state index contributed by atoms with van der Waals surface area (Å²) in [4.78, 5) is 0. The Bertz CT molecular complexity index is 1010. The van der Waals surface area contributed by atoms with Gasteiger partial charge in [0.2, 0.25) is 0 Å². The summed E-state index contributed by atoms with van der Waals surface area (Å²) in [6.07, 6.45) is -2.88. The van der Waals surface area contributed by atoms with Crippen LogP contribution in [-0.2, 0) is 12.8 Å². The Kier molecular flexibility index (Phi) is 4.33. The zero-order valence-electron chi connectivity index (χ0n) is 14.7. The third-order valence-corrected chi connectivity index (χ3v) is 5.20. The van der Waals surface area contributed by atoms with Crippen molar-refractivity contribution < 1.29 is 22.3 Å². The van der Waals surface area contributed by atoms with Crippen LogP contribution < -0.4 is 4.74 Å². The van der Waals surface area contributed by atoms with Gasteiger partial charge in [0.25, 0.3) is 0 Å². The van der Waals surface area contributed by atoms with Crippen molar-refractivity contribution in [3.63, 3.8) is 0 Å². The van der Waals surface area contributed by atoms with Crippen molar-refractivity contribution in [1.82, 2.24) is 0 Å². The van der Waals surface area contributed by atoms with E-state index in [2.05, 4.69) is 48.1 Å². The minimum Gasteiger partial charge on any atom is -0.403 e. The van der Waals surface area contributed by atoms with Gasteiger partial charge in [0.05, 0.1) is 0 Å². The highest BCUT2D eigenvalue weighted by atomic mass is 19.4. The van der Waals surface area contributed by atoms with Gasteiger partial charge in [-0.15, -0.1) is 13.2 Å². The van der Waals surface area contributed by atoms with Crippen molar-refractivity contribution in [3.05, 3.63) is 76.6 Å². The summed E-state index contributed by atoms with van der Waals surface area (Å²) in [6, 6.07) is 15.0. The van der Waals surface area contributed by atoms with Crippen molar-refractivity contribution in [2.24, 2.45) is 0 Å².